The summed E-state index contributed by atoms with van der Waals surface area (Å²) in [6.07, 6.45) is 0. The summed E-state index contributed by atoms with van der Waals surface area (Å²) < 4.78 is 5.58. The van der Waals surface area contributed by atoms with Gasteiger partial charge in [0, 0.05) is 13.1 Å². The van der Waals surface area contributed by atoms with Crippen LogP contribution in [-0.2, 0) is 19.6 Å². The molecule has 2 aromatic rings. The highest BCUT2D eigenvalue weighted by atomic mass is 16.3. The van der Waals surface area contributed by atoms with E-state index in [4.69, 9.17) is 4.42 Å². The second-order valence-electron chi connectivity index (χ2n) is 5.35. The van der Waals surface area contributed by atoms with Crippen LogP contribution in [0.3, 0.4) is 0 Å². The molecule has 3 heteroatoms. The van der Waals surface area contributed by atoms with Gasteiger partial charge >= 0.3 is 0 Å². The van der Waals surface area contributed by atoms with E-state index >= 15 is 0 Å². The molecule has 1 heterocycles. The molecule has 1 aromatic heterocycles. The van der Waals surface area contributed by atoms with E-state index in [1.807, 2.05) is 19.1 Å². The van der Waals surface area contributed by atoms with Crippen LogP contribution in [0.5, 0.6) is 0 Å². The Morgan fingerprint density at radius 2 is 1.67 bits per heavy atom. The number of nitrogens with one attached hydrogen (secondary N) is 1. The maximum absolute atomic E-state index is 5.58. The van der Waals surface area contributed by atoms with Crippen molar-refractivity contribution in [3.63, 3.8) is 0 Å². The SMILES string of the molecule is CCN(CC)Cc1ccccc1CNCc1ccc(C)o1. The van der Waals surface area contributed by atoms with Crippen LogP contribution in [-0.4, -0.2) is 18.0 Å². The Balaban J connectivity index is 1.93. The molecular weight excluding hydrogens is 260 g/mol. The predicted molar refractivity (Wildman–Crippen MR) is 87.1 cm³/mol. The standard InChI is InChI=1S/C18H26N2O/c1-4-20(5-2)14-17-9-7-6-8-16(17)12-19-13-18-11-10-15(3)21-18/h6-11,19H,4-5,12-14H2,1-3H3. The molecule has 0 bridgehead atoms. The summed E-state index contributed by atoms with van der Waals surface area (Å²) in [5, 5.41) is 3.47. The second kappa shape index (κ2) is 8.01. The topological polar surface area (TPSA) is 28.4 Å². The molecule has 114 valence electrons. The lowest BCUT2D eigenvalue weighted by Crippen LogP contribution is -2.23. The van der Waals surface area contributed by atoms with Crippen LogP contribution < -0.4 is 5.32 Å². The van der Waals surface area contributed by atoms with Gasteiger partial charge in [0.2, 0.25) is 0 Å². The third kappa shape index (κ3) is 4.73. The summed E-state index contributed by atoms with van der Waals surface area (Å²) in [6, 6.07) is 12.7. The minimum absolute atomic E-state index is 0.771. The Bertz CT molecular complexity index is 544. The molecule has 1 N–H and O–H groups in total. The molecule has 21 heavy (non-hydrogen) atoms. The molecule has 0 aliphatic carbocycles. The Morgan fingerprint density at radius 3 is 2.29 bits per heavy atom. The Morgan fingerprint density at radius 1 is 0.952 bits per heavy atom. The molecule has 0 saturated carbocycles. The van der Waals surface area contributed by atoms with E-state index < -0.39 is 0 Å². The molecule has 0 saturated heterocycles. The zero-order valence-electron chi connectivity index (χ0n) is 13.4. The van der Waals surface area contributed by atoms with Gasteiger partial charge in [0.25, 0.3) is 0 Å². The highest BCUT2D eigenvalue weighted by Gasteiger charge is 2.06. The first kappa shape index (κ1) is 15.8. The molecule has 0 spiro atoms. The van der Waals surface area contributed by atoms with Crippen molar-refractivity contribution in [1.29, 1.82) is 0 Å². The first-order valence-electron chi connectivity index (χ1n) is 7.78. The summed E-state index contributed by atoms with van der Waals surface area (Å²) in [5.41, 5.74) is 2.78. The van der Waals surface area contributed by atoms with Gasteiger partial charge in [-0.3, -0.25) is 4.90 Å². The number of hydrogen-bond donors (Lipinski definition) is 1. The third-order valence-corrected chi connectivity index (χ3v) is 3.82. The lowest BCUT2D eigenvalue weighted by Gasteiger charge is -2.20. The molecular formula is C18H26N2O. The molecule has 0 atom stereocenters. The van der Waals surface area contributed by atoms with Crippen molar-refractivity contribution in [1.82, 2.24) is 10.2 Å². The maximum atomic E-state index is 5.58. The van der Waals surface area contributed by atoms with Crippen LogP contribution in [0.2, 0.25) is 0 Å². The van der Waals surface area contributed by atoms with E-state index in [1.54, 1.807) is 0 Å². The smallest absolute Gasteiger partial charge is 0.117 e. The molecule has 0 amide bonds. The van der Waals surface area contributed by atoms with Crippen molar-refractivity contribution in [3.05, 3.63) is 59.0 Å². The lowest BCUT2D eigenvalue weighted by atomic mass is 10.1. The van der Waals surface area contributed by atoms with E-state index in [-0.39, 0.29) is 0 Å². The summed E-state index contributed by atoms with van der Waals surface area (Å²) in [5.74, 6) is 1.96. The first-order valence-corrected chi connectivity index (χ1v) is 7.78. The van der Waals surface area contributed by atoms with Crippen LogP contribution in [0.25, 0.3) is 0 Å². The monoisotopic (exact) mass is 286 g/mol. The quantitative estimate of drug-likeness (QED) is 0.801. The normalized spacial score (nSPS) is 11.2. The number of aryl methyl sites for hydroxylation is 1. The molecule has 0 fully saturated rings. The summed E-state index contributed by atoms with van der Waals surface area (Å²) in [7, 11) is 0. The van der Waals surface area contributed by atoms with E-state index in [1.165, 1.54) is 11.1 Å². The number of nitrogens with zero attached hydrogens (tertiary/aromatic N) is 1. The highest BCUT2D eigenvalue weighted by molar-refractivity contribution is 5.27. The molecule has 0 aliphatic rings. The lowest BCUT2D eigenvalue weighted by molar-refractivity contribution is 0.294. The minimum atomic E-state index is 0.771. The summed E-state index contributed by atoms with van der Waals surface area (Å²) >= 11 is 0. The van der Waals surface area contributed by atoms with Gasteiger partial charge < -0.3 is 9.73 Å². The predicted octanol–water partition coefficient (Wildman–Crippen LogP) is 3.72. The van der Waals surface area contributed by atoms with Crippen molar-refractivity contribution in [2.45, 2.75) is 40.4 Å². The fraction of sp³-hybridized carbons (Fsp3) is 0.444. The maximum Gasteiger partial charge on any atom is 0.117 e. The summed E-state index contributed by atoms with van der Waals surface area (Å²) in [4.78, 5) is 2.44. The zero-order chi connectivity index (χ0) is 15.1. The van der Waals surface area contributed by atoms with Crippen LogP contribution >= 0.6 is 0 Å². The Kier molecular flexibility index (Phi) is 6.03. The van der Waals surface area contributed by atoms with E-state index in [9.17, 15) is 0 Å². The minimum Gasteiger partial charge on any atom is -0.465 e. The van der Waals surface area contributed by atoms with Crippen LogP contribution in [0.4, 0.5) is 0 Å². The fourth-order valence-corrected chi connectivity index (χ4v) is 2.47. The van der Waals surface area contributed by atoms with Gasteiger partial charge in [-0.1, -0.05) is 38.1 Å². The van der Waals surface area contributed by atoms with E-state index in [0.29, 0.717) is 0 Å². The van der Waals surface area contributed by atoms with E-state index in [2.05, 4.69) is 48.3 Å². The second-order valence-corrected chi connectivity index (χ2v) is 5.35. The number of hydrogen-bond acceptors (Lipinski definition) is 3. The van der Waals surface area contributed by atoms with Gasteiger partial charge in [-0.05, 0) is 43.3 Å². The zero-order valence-corrected chi connectivity index (χ0v) is 13.4. The van der Waals surface area contributed by atoms with Gasteiger partial charge in [-0.15, -0.1) is 0 Å². The fourth-order valence-electron chi connectivity index (χ4n) is 2.47. The van der Waals surface area contributed by atoms with Crippen LogP contribution in [0.15, 0.2) is 40.8 Å². The van der Waals surface area contributed by atoms with Gasteiger partial charge in [0.1, 0.15) is 11.5 Å². The Hall–Kier alpha value is -1.58. The first-order chi connectivity index (χ1) is 10.2. The molecule has 3 nitrogen and oxygen atoms in total. The average Bonchev–Trinajstić information content (AvgIpc) is 2.91. The number of benzene rings is 1. The number of furan rings is 1. The van der Waals surface area contributed by atoms with Crippen molar-refractivity contribution in [3.8, 4) is 0 Å². The van der Waals surface area contributed by atoms with Gasteiger partial charge in [-0.2, -0.15) is 0 Å². The average molecular weight is 286 g/mol. The molecule has 0 aliphatic heterocycles. The van der Waals surface area contributed by atoms with Gasteiger partial charge in [0.15, 0.2) is 0 Å². The van der Waals surface area contributed by atoms with Crippen molar-refractivity contribution in [2.24, 2.45) is 0 Å². The van der Waals surface area contributed by atoms with Crippen molar-refractivity contribution in [2.75, 3.05) is 13.1 Å². The molecule has 0 radical (unpaired) electrons. The Labute approximate surface area is 128 Å². The van der Waals surface area contributed by atoms with Crippen LogP contribution in [0.1, 0.15) is 36.5 Å². The van der Waals surface area contributed by atoms with Gasteiger partial charge in [-0.25, -0.2) is 0 Å². The van der Waals surface area contributed by atoms with Crippen molar-refractivity contribution >= 4 is 0 Å². The van der Waals surface area contributed by atoms with Crippen molar-refractivity contribution < 1.29 is 4.42 Å². The largest absolute Gasteiger partial charge is 0.465 e. The van der Waals surface area contributed by atoms with Crippen LogP contribution in [0, 0.1) is 6.92 Å². The number of rotatable bonds is 8. The highest BCUT2D eigenvalue weighted by Crippen LogP contribution is 2.12. The van der Waals surface area contributed by atoms with Gasteiger partial charge in [0.05, 0.1) is 6.54 Å². The third-order valence-electron chi connectivity index (χ3n) is 3.82. The van der Waals surface area contributed by atoms with E-state index in [0.717, 1.165) is 44.2 Å². The molecule has 0 unspecified atom stereocenters. The summed E-state index contributed by atoms with van der Waals surface area (Å²) in [6.45, 7) is 11.2. The molecule has 1 aromatic carbocycles. The molecule has 2 rings (SSSR count).